The predicted molar refractivity (Wildman–Crippen MR) is 104 cm³/mol. The molecule has 1 fully saturated rings. The molecule has 1 unspecified atom stereocenters. The zero-order chi connectivity index (χ0) is 19.2. The Bertz CT molecular complexity index is 801. The minimum atomic E-state index is -0.171. The molecule has 0 bridgehead atoms. The number of hydrogen-bond acceptors (Lipinski definition) is 3. The predicted octanol–water partition coefficient (Wildman–Crippen LogP) is 1.24. The van der Waals surface area contributed by atoms with Crippen LogP contribution in [0.4, 0.5) is 5.69 Å². The van der Waals surface area contributed by atoms with E-state index in [1.54, 1.807) is 38.4 Å². The first-order valence-corrected chi connectivity index (χ1v) is 9.18. The van der Waals surface area contributed by atoms with Crippen LogP contribution in [0.5, 0.6) is 5.75 Å². The molecule has 27 heavy (non-hydrogen) atoms. The topological polar surface area (TPSA) is 71.9 Å². The summed E-state index contributed by atoms with van der Waals surface area (Å²) in [5.74, 6) is 0.621. The van der Waals surface area contributed by atoms with Crippen molar-refractivity contribution in [3.8, 4) is 5.75 Å². The third kappa shape index (κ3) is 5.31. The molecular formula is C21H26N3O3+. The molecule has 0 radical (unpaired) electrons. The maximum atomic E-state index is 12.5. The van der Waals surface area contributed by atoms with Crippen LogP contribution in [0.3, 0.4) is 0 Å². The summed E-state index contributed by atoms with van der Waals surface area (Å²) in [4.78, 5) is 25.5. The largest absolute Gasteiger partial charge is 0.497 e. The first kappa shape index (κ1) is 18.9. The van der Waals surface area contributed by atoms with Gasteiger partial charge in [-0.25, -0.2) is 0 Å². The second-order valence-electron chi connectivity index (χ2n) is 6.84. The number of rotatable bonds is 8. The van der Waals surface area contributed by atoms with E-state index in [2.05, 4.69) is 10.6 Å². The van der Waals surface area contributed by atoms with Crippen LogP contribution in [0.1, 0.15) is 28.8 Å². The first-order valence-electron chi connectivity index (χ1n) is 9.18. The van der Waals surface area contributed by atoms with Gasteiger partial charge in [0.15, 0.2) is 6.54 Å². The van der Waals surface area contributed by atoms with Gasteiger partial charge in [-0.05, 0) is 42.5 Å². The SMILES string of the molecule is CNC(=O)c1cccc(NC(=O)C[NH+](Cc2ccc(OC)cc2)C2CC2)c1. The molecule has 6 heteroatoms. The summed E-state index contributed by atoms with van der Waals surface area (Å²) in [5.41, 5.74) is 2.35. The third-order valence-electron chi connectivity index (χ3n) is 4.77. The van der Waals surface area contributed by atoms with Crippen LogP contribution in [0.15, 0.2) is 48.5 Å². The summed E-state index contributed by atoms with van der Waals surface area (Å²) in [6.45, 7) is 1.21. The molecule has 6 nitrogen and oxygen atoms in total. The molecule has 1 aliphatic rings. The number of benzene rings is 2. The first-order chi connectivity index (χ1) is 13.1. The highest BCUT2D eigenvalue weighted by molar-refractivity contribution is 5.97. The lowest BCUT2D eigenvalue weighted by atomic mass is 10.2. The van der Waals surface area contributed by atoms with Gasteiger partial charge in [-0.15, -0.1) is 0 Å². The Morgan fingerprint density at radius 2 is 1.89 bits per heavy atom. The van der Waals surface area contributed by atoms with Crippen LogP contribution in [0, 0.1) is 0 Å². The highest BCUT2D eigenvalue weighted by Gasteiger charge is 2.34. The number of methoxy groups -OCH3 is 1. The molecule has 2 aromatic rings. The summed E-state index contributed by atoms with van der Waals surface area (Å²) >= 11 is 0. The van der Waals surface area contributed by atoms with Gasteiger partial charge in [0.1, 0.15) is 12.3 Å². The highest BCUT2D eigenvalue weighted by atomic mass is 16.5. The molecular weight excluding hydrogens is 342 g/mol. The Labute approximate surface area is 159 Å². The second kappa shape index (κ2) is 8.68. The van der Waals surface area contributed by atoms with E-state index in [-0.39, 0.29) is 11.8 Å². The number of quaternary nitrogens is 1. The van der Waals surface area contributed by atoms with Gasteiger partial charge >= 0.3 is 0 Å². The van der Waals surface area contributed by atoms with Gasteiger partial charge in [0.2, 0.25) is 0 Å². The molecule has 1 atom stereocenters. The zero-order valence-electron chi connectivity index (χ0n) is 15.7. The van der Waals surface area contributed by atoms with E-state index in [4.69, 9.17) is 4.74 Å². The van der Waals surface area contributed by atoms with E-state index < -0.39 is 0 Å². The van der Waals surface area contributed by atoms with Crippen molar-refractivity contribution in [2.75, 3.05) is 26.0 Å². The van der Waals surface area contributed by atoms with Crippen molar-refractivity contribution in [2.24, 2.45) is 0 Å². The van der Waals surface area contributed by atoms with Crippen molar-refractivity contribution in [3.63, 3.8) is 0 Å². The molecule has 2 aromatic carbocycles. The average Bonchev–Trinajstić information content (AvgIpc) is 3.53. The number of nitrogens with one attached hydrogen (secondary N) is 3. The van der Waals surface area contributed by atoms with E-state index in [9.17, 15) is 9.59 Å². The summed E-state index contributed by atoms with van der Waals surface area (Å²) in [6.07, 6.45) is 2.32. The van der Waals surface area contributed by atoms with Crippen LogP contribution < -0.4 is 20.3 Å². The fourth-order valence-corrected chi connectivity index (χ4v) is 3.14. The van der Waals surface area contributed by atoms with Crippen LogP contribution >= 0.6 is 0 Å². The number of anilines is 1. The van der Waals surface area contributed by atoms with Gasteiger partial charge in [-0.1, -0.05) is 6.07 Å². The van der Waals surface area contributed by atoms with E-state index in [1.165, 1.54) is 10.5 Å². The van der Waals surface area contributed by atoms with Gasteiger partial charge in [-0.2, -0.15) is 0 Å². The van der Waals surface area contributed by atoms with Crippen LogP contribution in [-0.4, -0.2) is 38.6 Å². The fourth-order valence-electron chi connectivity index (χ4n) is 3.14. The lowest BCUT2D eigenvalue weighted by Crippen LogP contribution is -3.13. The minimum absolute atomic E-state index is 0.0422. The molecule has 1 saturated carbocycles. The number of carbonyl (C=O) groups is 2. The van der Waals surface area contributed by atoms with Crippen molar-refractivity contribution >= 4 is 17.5 Å². The molecule has 0 heterocycles. The Hall–Kier alpha value is -2.86. The van der Waals surface area contributed by atoms with Crippen LogP contribution in [-0.2, 0) is 11.3 Å². The van der Waals surface area contributed by atoms with Crippen molar-refractivity contribution in [2.45, 2.75) is 25.4 Å². The van der Waals surface area contributed by atoms with Crippen molar-refractivity contribution in [3.05, 3.63) is 59.7 Å². The van der Waals surface area contributed by atoms with Gasteiger partial charge in [0, 0.05) is 36.7 Å². The van der Waals surface area contributed by atoms with Crippen LogP contribution in [0.25, 0.3) is 0 Å². The second-order valence-corrected chi connectivity index (χ2v) is 6.84. The molecule has 1 aliphatic carbocycles. The maximum absolute atomic E-state index is 12.5. The lowest BCUT2D eigenvalue weighted by molar-refractivity contribution is -0.916. The standard InChI is InChI=1S/C21H25N3O3/c1-22-21(26)16-4-3-5-17(12-16)23-20(25)14-24(18-8-9-18)13-15-6-10-19(27-2)11-7-15/h3-7,10-12,18H,8-9,13-14H2,1-2H3,(H,22,26)(H,23,25)/p+1. The zero-order valence-corrected chi connectivity index (χ0v) is 15.7. The molecule has 0 aliphatic heterocycles. The molecule has 0 aromatic heterocycles. The van der Waals surface area contributed by atoms with E-state index in [0.717, 1.165) is 25.1 Å². The van der Waals surface area contributed by atoms with E-state index >= 15 is 0 Å². The van der Waals surface area contributed by atoms with Crippen molar-refractivity contribution in [1.82, 2.24) is 5.32 Å². The quantitative estimate of drug-likeness (QED) is 0.657. The molecule has 3 rings (SSSR count). The summed E-state index contributed by atoms with van der Waals surface area (Å²) < 4.78 is 5.20. The molecule has 0 saturated heterocycles. The summed E-state index contributed by atoms with van der Waals surface area (Å²) in [6, 6.07) is 15.5. The number of amides is 2. The number of carbonyl (C=O) groups excluding carboxylic acids is 2. The third-order valence-corrected chi connectivity index (χ3v) is 4.77. The average molecular weight is 368 g/mol. The summed E-state index contributed by atoms with van der Waals surface area (Å²) in [5, 5.41) is 5.51. The van der Waals surface area contributed by atoms with E-state index in [1.807, 2.05) is 24.3 Å². The normalized spacial score (nSPS) is 14.3. The van der Waals surface area contributed by atoms with Crippen molar-refractivity contribution in [1.29, 1.82) is 0 Å². The Kier molecular flexibility index (Phi) is 6.08. The van der Waals surface area contributed by atoms with Gasteiger partial charge < -0.3 is 20.3 Å². The number of hydrogen-bond donors (Lipinski definition) is 3. The minimum Gasteiger partial charge on any atom is -0.497 e. The maximum Gasteiger partial charge on any atom is 0.279 e. The van der Waals surface area contributed by atoms with Crippen LogP contribution in [0.2, 0.25) is 0 Å². The Balaban J connectivity index is 1.61. The Morgan fingerprint density at radius 3 is 2.52 bits per heavy atom. The molecule has 0 spiro atoms. The smallest absolute Gasteiger partial charge is 0.279 e. The lowest BCUT2D eigenvalue weighted by Gasteiger charge is -2.19. The molecule has 3 N–H and O–H groups in total. The number of ether oxygens (including phenoxy) is 1. The molecule has 142 valence electrons. The van der Waals surface area contributed by atoms with E-state index in [0.29, 0.717) is 23.8 Å². The van der Waals surface area contributed by atoms with Gasteiger partial charge in [0.05, 0.1) is 13.2 Å². The van der Waals surface area contributed by atoms with Gasteiger partial charge in [-0.3, -0.25) is 9.59 Å². The summed E-state index contributed by atoms with van der Waals surface area (Å²) in [7, 11) is 3.24. The van der Waals surface area contributed by atoms with Crippen molar-refractivity contribution < 1.29 is 19.2 Å². The monoisotopic (exact) mass is 368 g/mol. The molecule has 2 amide bonds. The fraction of sp³-hybridized carbons (Fsp3) is 0.333. The van der Waals surface area contributed by atoms with Gasteiger partial charge in [0.25, 0.3) is 11.8 Å². The Morgan fingerprint density at radius 1 is 1.15 bits per heavy atom. The highest BCUT2D eigenvalue weighted by Crippen LogP contribution is 2.17.